The van der Waals surface area contributed by atoms with Crippen molar-refractivity contribution in [3.8, 4) is 11.5 Å². The monoisotopic (exact) mass is 260 g/mol. The van der Waals surface area contributed by atoms with Crippen molar-refractivity contribution in [2.75, 3.05) is 13.7 Å². The Morgan fingerprint density at radius 1 is 1.32 bits per heavy atom. The fourth-order valence-corrected chi connectivity index (χ4v) is 3.71. The average Bonchev–Trinajstić information content (AvgIpc) is 3.07. The highest BCUT2D eigenvalue weighted by Crippen LogP contribution is 2.48. The van der Waals surface area contributed by atoms with Crippen LogP contribution >= 0.6 is 0 Å². The Morgan fingerprint density at radius 2 is 2.21 bits per heavy atom. The summed E-state index contributed by atoms with van der Waals surface area (Å²) in [5.41, 5.74) is 0.572. The van der Waals surface area contributed by atoms with Gasteiger partial charge in [-0.3, -0.25) is 4.79 Å². The van der Waals surface area contributed by atoms with Crippen molar-refractivity contribution in [1.29, 1.82) is 0 Å². The minimum absolute atomic E-state index is 0.572. The molecule has 2 fully saturated rings. The average molecular weight is 260 g/mol. The van der Waals surface area contributed by atoms with Gasteiger partial charge in [0.25, 0.3) is 0 Å². The van der Waals surface area contributed by atoms with Crippen molar-refractivity contribution in [1.82, 2.24) is 0 Å². The third kappa shape index (κ3) is 2.34. The molecule has 2 aliphatic rings. The van der Waals surface area contributed by atoms with Crippen LogP contribution in [0.1, 0.15) is 36.0 Å². The van der Waals surface area contributed by atoms with E-state index in [-0.39, 0.29) is 0 Å². The lowest BCUT2D eigenvalue weighted by Crippen LogP contribution is -2.19. The fraction of sp³-hybridized carbons (Fsp3) is 0.562. The highest BCUT2D eigenvalue weighted by atomic mass is 16.5. The van der Waals surface area contributed by atoms with E-state index in [1.54, 1.807) is 13.2 Å². The zero-order chi connectivity index (χ0) is 13.2. The fourth-order valence-electron chi connectivity index (χ4n) is 3.71. The zero-order valence-corrected chi connectivity index (χ0v) is 11.3. The predicted molar refractivity (Wildman–Crippen MR) is 72.8 cm³/mol. The van der Waals surface area contributed by atoms with Crippen LogP contribution in [0.25, 0.3) is 0 Å². The molecule has 102 valence electrons. The molecule has 3 rings (SSSR count). The Bertz CT molecular complexity index is 469. The quantitative estimate of drug-likeness (QED) is 0.762. The van der Waals surface area contributed by atoms with Crippen LogP contribution in [-0.4, -0.2) is 20.0 Å². The molecule has 3 unspecified atom stereocenters. The van der Waals surface area contributed by atoms with Crippen molar-refractivity contribution in [2.24, 2.45) is 17.8 Å². The Labute approximate surface area is 113 Å². The summed E-state index contributed by atoms with van der Waals surface area (Å²) in [6.07, 6.45) is 6.25. The normalized spacial score (nSPS) is 28.4. The van der Waals surface area contributed by atoms with Crippen molar-refractivity contribution in [3.05, 3.63) is 23.8 Å². The Morgan fingerprint density at radius 3 is 2.84 bits per heavy atom. The van der Waals surface area contributed by atoms with Crippen molar-refractivity contribution < 1.29 is 14.3 Å². The summed E-state index contributed by atoms with van der Waals surface area (Å²) in [5, 5.41) is 0. The molecule has 2 aliphatic carbocycles. The van der Waals surface area contributed by atoms with E-state index in [1.807, 2.05) is 12.1 Å². The second kappa shape index (κ2) is 5.24. The number of carbonyl (C=O) groups excluding carboxylic acids is 1. The molecule has 0 amide bonds. The summed E-state index contributed by atoms with van der Waals surface area (Å²) in [5.74, 6) is 3.65. The molecule has 0 saturated heterocycles. The molecule has 3 nitrogen and oxygen atoms in total. The van der Waals surface area contributed by atoms with Crippen LogP contribution in [0.2, 0.25) is 0 Å². The number of methoxy groups -OCH3 is 1. The second-order valence-corrected chi connectivity index (χ2v) is 5.74. The third-order valence-electron chi connectivity index (χ3n) is 4.68. The standard InChI is InChI=1S/C16H20O3/c1-18-15-4-2-3-13(9-17)16(15)19-10-14-8-11-5-6-12(14)7-11/h2-4,9,11-12,14H,5-8,10H2,1H3. The van der Waals surface area contributed by atoms with Crippen LogP contribution in [-0.2, 0) is 0 Å². The van der Waals surface area contributed by atoms with E-state index in [0.717, 1.165) is 18.1 Å². The van der Waals surface area contributed by atoms with Crippen LogP contribution in [0.15, 0.2) is 18.2 Å². The van der Waals surface area contributed by atoms with E-state index in [2.05, 4.69) is 0 Å². The van der Waals surface area contributed by atoms with E-state index >= 15 is 0 Å². The summed E-state index contributed by atoms with van der Waals surface area (Å²) in [4.78, 5) is 11.1. The molecule has 0 aromatic heterocycles. The first-order valence-electron chi connectivity index (χ1n) is 7.06. The Hall–Kier alpha value is -1.51. The van der Waals surface area contributed by atoms with Crippen molar-refractivity contribution in [2.45, 2.75) is 25.7 Å². The molecule has 0 N–H and O–H groups in total. The number of aldehydes is 1. The van der Waals surface area contributed by atoms with Gasteiger partial charge in [-0.05, 0) is 49.1 Å². The molecule has 0 heterocycles. The van der Waals surface area contributed by atoms with Gasteiger partial charge >= 0.3 is 0 Å². The first kappa shape index (κ1) is 12.5. The maximum atomic E-state index is 11.1. The lowest BCUT2D eigenvalue weighted by molar-refractivity contribution is 0.111. The number of para-hydroxylation sites is 1. The van der Waals surface area contributed by atoms with E-state index in [0.29, 0.717) is 29.6 Å². The molecule has 1 aromatic carbocycles. The highest BCUT2D eigenvalue weighted by molar-refractivity contribution is 5.81. The third-order valence-corrected chi connectivity index (χ3v) is 4.68. The molecular formula is C16H20O3. The van der Waals surface area contributed by atoms with Gasteiger partial charge in [-0.2, -0.15) is 0 Å². The van der Waals surface area contributed by atoms with Gasteiger partial charge in [-0.25, -0.2) is 0 Å². The summed E-state index contributed by atoms with van der Waals surface area (Å²) in [6.45, 7) is 0.711. The van der Waals surface area contributed by atoms with E-state index < -0.39 is 0 Å². The van der Waals surface area contributed by atoms with Crippen LogP contribution in [0.3, 0.4) is 0 Å². The number of rotatable bonds is 5. The molecule has 0 spiro atoms. The number of ether oxygens (including phenoxy) is 2. The van der Waals surface area contributed by atoms with Gasteiger partial charge in [0.2, 0.25) is 0 Å². The van der Waals surface area contributed by atoms with Gasteiger partial charge in [0.15, 0.2) is 17.8 Å². The maximum Gasteiger partial charge on any atom is 0.171 e. The molecule has 3 heteroatoms. The van der Waals surface area contributed by atoms with Gasteiger partial charge in [0.1, 0.15) is 0 Å². The zero-order valence-electron chi connectivity index (χ0n) is 11.3. The van der Waals surface area contributed by atoms with Gasteiger partial charge < -0.3 is 9.47 Å². The smallest absolute Gasteiger partial charge is 0.171 e. The largest absolute Gasteiger partial charge is 0.493 e. The van der Waals surface area contributed by atoms with Gasteiger partial charge in [-0.1, -0.05) is 12.5 Å². The highest BCUT2D eigenvalue weighted by Gasteiger charge is 2.39. The van der Waals surface area contributed by atoms with Crippen LogP contribution in [0.4, 0.5) is 0 Å². The molecule has 19 heavy (non-hydrogen) atoms. The van der Waals surface area contributed by atoms with Crippen molar-refractivity contribution >= 4 is 6.29 Å². The lowest BCUT2D eigenvalue weighted by atomic mass is 9.89. The Kier molecular flexibility index (Phi) is 3.45. The summed E-state index contributed by atoms with van der Waals surface area (Å²) >= 11 is 0. The minimum atomic E-state index is 0.572. The number of carbonyl (C=O) groups is 1. The molecular weight excluding hydrogens is 240 g/mol. The number of benzene rings is 1. The first-order valence-corrected chi connectivity index (χ1v) is 7.06. The van der Waals surface area contributed by atoms with Crippen molar-refractivity contribution in [3.63, 3.8) is 0 Å². The van der Waals surface area contributed by atoms with E-state index in [4.69, 9.17) is 9.47 Å². The first-order chi connectivity index (χ1) is 9.31. The van der Waals surface area contributed by atoms with Crippen LogP contribution < -0.4 is 9.47 Å². The second-order valence-electron chi connectivity index (χ2n) is 5.74. The van der Waals surface area contributed by atoms with Gasteiger partial charge in [0, 0.05) is 0 Å². The predicted octanol–water partition coefficient (Wildman–Crippen LogP) is 3.32. The molecule has 0 aliphatic heterocycles. The van der Waals surface area contributed by atoms with E-state index in [9.17, 15) is 4.79 Å². The van der Waals surface area contributed by atoms with Gasteiger partial charge in [-0.15, -0.1) is 0 Å². The molecule has 2 bridgehead atoms. The number of hydrogen-bond donors (Lipinski definition) is 0. The SMILES string of the molecule is COc1cccc(C=O)c1OCC1CC2CCC1C2. The molecule has 1 aromatic rings. The summed E-state index contributed by atoms with van der Waals surface area (Å²) < 4.78 is 11.2. The van der Waals surface area contributed by atoms with Gasteiger partial charge in [0.05, 0.1) is 19.3 Å². The molecule has 0 radical (unpaired) electrons. The molecule has 2 saturated carbocycles. The van der Waals surface area contributed by atoms with Crippen LogP contribution in [0, 0.1) is 17.8 Å². The number of hydrogen-bond acceptors (Lipinski definition) is 3. The minimum Gasteiger partial charge on any atom is -0.493 e. The van der Waals surface area contributed by atoms with Crippen LogP contribution in [0.5, 0.6) is 11.5 Å². The van der Waals surface area contributed by atoms with E-state index in [1.165, 1.54) is 25.7 Å². The lowest BCUT2D eigenvalue weighted by Gasteiger charge is -2.22. The number of fused-ring (bicyclic) bond motifs is 2. The summed E-state index contributed by atoms with van der Waals surface area (Å²) in [7, 11) is 1.61. The molecule has 3 atom stereocenters. The Balaban J connectivity index is 1.71. The maximum absolute atomic E-state index is 11.1. The topological polar surface area (TPSA) is 35.5 Å². The summed E-state index contributed by atoms with van der Waals surface area (Å²) in [6, 6.07) is 5.42.